The van der Waals surface area contributed by atoms with Gasteiger partial charge in [0.05, 0.1) is 7.11 Å². The summed E-state index contributed by atoms with van der Waals surface area (Å²) in [6, 6.07) is 14.9. The van der Waals surface area contributed by atoms with Crippen LogP contribution < -0.4 is 4.74 Å². The van der Waals surface area contributed by atoms with Gasteiger partial charge in [-0.3, -0.25) is 15.0 Å². The summed E-state index contributed by atoms with van der Waals surface area (Å²) < 4.78 is 60.2. The van der Waals surface area contributed by atoms with E-state index in [4.69, 9.17) is 4.74 Å². The summed E-state index contributed by atoms with van der Waals surface area (Å²) in [5, 5.41) is 0. The minimum absolute atomic E-state index is 0. The van der Waals surface area contributed by atoms with Crippen molar-refractivity contribution in [3.63, 3.8) is 0 Å². The van der Waals surface area contributed by atoms with E-state index in [1.165, 1.54) is 13.2 Å². The first-order chi connectivity index (χ1) is 15.7. The number of aromatic nitrogens is 4. The largest absolute Gasteiger partial charge is 2.00 e. The van der Waals surface area contributed by atoms with Crippen molar-refractivity contribution in [2.75, 3.05) is 7.11 Å². The third-order valence-electron chi connectivity index (χ3n) is 5.07. The van der Waals surface area contributed by atoms with Gasteiger partial charge in [-0.25, -0.2) is 17.6 Å². The fraction of sp³-hybridized carbons (Fsp3) is 0.167. The van der Waals surface area contributed by atoms with Crippen molar-refractivity contribution in [2.45, 2.75) is 19.3 Å². The summed E-state index contributed by atoms with van der Waals surface area (Å²) in [5.74, 6) is -3.71. The summed E-state index contributed by atoms with van der Waals surface area (Å²) >= 11 is 0. The van der Waals surface area contributed by atoms with Crippen LogP contribution >= 0.6 is 0 Å². The van der Waals surface area contributed by atoms with Gasteiger partial charge in [0.2, 0.25) is 0 Å². The number of halogens is 4. The van der Waals surface area contributed by atoms with E-state index in [0.29, 0.717) is 17.1 Å². The summed E-state index contributed by atoms with van der Waals surface area (Å²) in [6.07, 6.45) is 0. The molecule has 0 atom stereocenters. The molecule has 0 aromatic carbocycles. The van der Waals surface area contributed by atoms with Crippen LogP contribution in [0.25, 0.3) is 22.5 Å². The molecular formula is C24H16F4N4OPt. The van der Waals surface area contributed by atoms with Gasteiger partial charge < -0.3 is 9.72 Å². The van der Waals surface area contributed by atoms with Gasteiger partial charge >= 0.3 is 21.1 Å². The first-order valence-electron chi connectivity index (χ1n) is 9.71. The zero-order valence-electron chi connectivity index (χ0n) is 18.1. The van der Waals surface area contributed by atoms with Crippen molar-refractivity contribution in [1.82, 2.24) is 19.9 Å². The van der Waals surface area contributed by atoms with Crippen LogP contribution in [0.15, 0.2) is 42.5 Å². The Hall–Kier alpha value is -3.19. The van der Waals surface area contributed by atoms with Crippen molar-refractivity contribution >= 4 is 0 Å². The van der Waals surface area contributed by atoms with Crippen LogP contribution in [0.3, 0.4) is 0 Å². The van der Waals surface area contributed by atoms with Crippen molar-refractivity contribution in [2.24, 2.45) is 0 Å². The van der Waals surface area contributed by atoms with Gasteiger partial charge in [-0.1, -0.05) is 35.4 Å². The van der Waals surface area contributed by atoms with E-state index in [1.54, 1.807) is 24.3 Å². The Morgan fingerprint density at radius 1 is 0.765 bits per heavy atom. The fourth-order valence-electron chi connectivity index (χ4n) is 3.23. The molecule has 4 aromatic rings. The summed E-state index contributed by atoms with van der Waals surface area (Å²) in [7, 11) is 1.44. The van der Waals surface area contributed by atoms with E-state index < -0.39 is 29.2 Å². The molecule has 4 aromatic heterocycles. The number of ether oxygens (including phenoxy) is 1. The van der Waals surface area contributed by atoms with Crippen molar-refractivity contribution in [1.29, 1.82) is 0 Å². The second-order valence-corrected chi connectivity index (χ2v) is 7.59. The van der Waals surface area contributed by atoms with Crippen molar-refractivity contribution in [3.05, 3.63) is 89.8 Å². The van der Waals surface area contributed by atoms with Crippen LogP contribution in [0.4, 0.5) is 17.6 Å². The number of nitrogens with zero attached hydrogens (tertiary/aromatic N) is 4. The molecule has 0 saturated carbocycles. The molecule has 0 aliphatic heterocycles. The topological polar surface area (TPSA) is 60.8 Å². The monoisotopic (exact) mass is 647 g/mol. The predicted molar refractivity (Wildman–Crippen MR) is 111 cm³/mol. The smallest absolute Gasteiger partial charge is 0.497 e. The van der Waals surface area contributed by atoms with E-state index in [-0.39, 0.29) is 43.6 Å². The van der Waals surface area contributed by atoms with Gasteiger partial charge in [-0.05, 0) is 37.4 Å². The zero-order valence-corrected chi connectivity index (χ0v) is 20.3. The second kappa shape index (κ2) is 9.97. The molecule has 0 amide bonds. The van der Waals surface area contributed by atoms with Crippen LogP contribution in [0.1, 0.15) is 25.2 Å². The Labute approximate surface area is 207 Å². The zero-order chi connectivity index (χ0) is 23.8. The molecule has 0 aliphatic rings. The third-order valence-corrected chi connectivity index (χ3v) is 5.07. The van der Waals surface area contributed by atoms with Crippen LogP contribution in [0, 0.1) is 35.9 Å². The molecule has 0 radical (unpaired) electrons. The standard InChI is InChI=1S/C24H16F4N4O.Pt/c1-24(2,18-6-4-5-16(29-18)14-7-9-20(25)31-22(14)27)19-12-13(33-3)11-17(30-19)15-8-10-21(26)32-23(15)28;/h4-6,9-12H,1-3H3;/q-2;+2. The SMILES string of the molecule is COc1cc(-c2[c-]cc(F)nc2F)nc(C(C)(C)c2cccc(-c3[c-]cc(F)nc3F)n2)c1.[Pt+2]. The molecule has 0 saturated heterocycles. The Kier molecular flexibility index (Phi) is 7.46. The maximum atomic E-state index is 14.3. The van der Waals surface area contributed by atoms with Gasteiger partial charge in [-0.15, -0.1) is 12.1 Å². The molecule has 5 nitrogen and oxygen atoms in total. The molecule has 0 bridgehead atoms. The quantitative estimate of drug-likeness (QED) is 0.172. The Morgan fingerprint density at radius 3 is 1.88 bits per heavy atom. The maximum Gasteiger partial charge on any atom is 2.00 e. The van der Waals surface area contributed by atoms with E-state index in [1.807, 2.05) is 13.8 Å². The molecule has 0 N–H and O–H groups in total. The number of rotatable bonds is 5. The molecule has 0 fully saturated rings. The molecule has 0 unspecified atom stereocenters. The number of methoxy groups -OCH3 is 1. The summed E-state index contributed by atoms with van der Waals surface area (Å²) in [5.41, 5.74) is 0.209. The predicted octanol–water partition coefficient (Wildman–Crippen LogP) is 5.09. The van der Waals surface area contributed by atoms with Gasteiger partial charge in [0.15, 0.2) is 0 Å². The number of pyridine rings is 4. The molecular weight excluding hydrogens is 631 g/mol. The normalized spacial score (nSPS) is 11.1. The number of hydrogen-bond acceptors (Lipinski definition) is 5. The molecule has 4 heterocycles. The maximum absolute atomic E-state index is 14.3. The Bertz CT molecular complexity index is 1350. The molecule has 4 rings (SSSR count). The van der Waals surface area contributed by atoms with E-state index in [2.05, 4.69) is 32.1 Å². The fourth-order valence-corrected chi connectivity index (χ4v) is 3.23. The van der Waals surface area contributed by atoms with Gasteiger partial charge in [0.1, 0.15) is 29.5 Å². The van der Waals surface area contributed by atoms with Crippen LogP contribution in [0.2, 0.25) is 0 Å². The Morgan fingerprint density at radius 2 is 1.32 bits per heavy atom. The molecule has 176 valence electrons. The Balaban J connectivity index is 0.00000324. The molecule has 0 spiro atoms. The average Bonchev–Trinajstić information content (AvgIpc) is 2.78. The second-order valence-electron chi connectivity index (χ2n) is 7.59. The average molecular weight is 647 g/mol. The first kappa shape index (κ1) is 25.4. The van der Waals surface area contributed by atoms with E-state index in [9.17, 15) is 17.6 Å². The first-order valence-corrected chi connectivity index (χ1v) is 9.71. The summed E-state index contributed by atoms with van der Waals surface area (Å²) in [6.45, 7) is 3.63. The van der Waals surface area contributed by atoms with Gasteiger partial charge in [-0.2, -0.15) is 0 Å². The van der Waals surface area contributed by atoms with E-state index in [0.717, 1.165) is 12.1 Å². The van der Waals surface area contributed by atoms with Crippen LogP contribution in [-0.4, -0.2) is 27.0 Å². The van der Waals surface area contributed by atoms with E-state index >= 15 is 0 Å². The number of hydrogen-bond donors (Lipinski definition) is 0. The van der Waals surface area contributed by atoms with Crippen LogP contribution in [0.5, 0.6) is 5.75 Å². The third kappa shape index (κ3) is 4.99. The minimum atomic E-state index is -1.06. The van der Waals surface area contributed by atoms with Crippen molar-refractivity contribution in [3.8, 4) is 28.3 Å². The van der Waals surface area contributed by atoms with Gasteiger partial charge in [0.25, 0.3) is 0 Å². The molecule has 10 heteroatoms. The summed E-state index contributed by atoms with van der Waals surface area (Å²) in [4.78, 5) is 15.4. The van der Waals surface area contributed by atoms with Gasteiger partial charge in [0, 0.05) is 22.9 Å². The minimum Gasteiger partial charge on any atom is -0.497 e. The van der Waals surface area contributed by atoms with Crippen LogP contribution in [-0.2, 0) is 26.5 Å². The molecule has 0 aliphatic carbocycles. The van der Waals surface area contributed by atoms with Crippen molar-refractivity contribution < 1.29 is 43.4 Å². The molecule has 34 heavy (non-hydrogen) atoms.